The fourth-order valence-corrected chi connectivity index (χ4v) is 5.62. The Morgan fingerprint density at radius 3 is 2.21 bits per heavy atom. The molecule has 0 saturated carbocycles. The van der Waals surface area contributed by atoms with Gasteiger partial charge in [0.15, 0.2) is 0 Å². The van der Waals surface area contributed by atoms with Crippen LogP contribution in [0.5, 0.6) is 0 Å². The molecular weight excluding hydrogens is 481 g/mol. The molecule has 2 N–H and O–H groups in total. The second-order valence-electron chi connectivity index (χ2n) is 8.22. The molecule has 1 aromatic carbocycles. The molecule has 3 rings (SSSR count). The normalized spacial score (nSPS) is 16.3. The highest BCUT2D eigenvalue weighted by molar-refractivity contribution is 7.99. The summed E-state index contributed by atoms with van der Waals surface area (Å²) in [6.45, 7) is 5.03. The molecule has 0 saturated heterocycles. The van der Waals surface area contributed by atoms with E-state index in [2.05, 4.69) is 15.6 Å². The number of nitrogens with zero attached hydrogens (tertiary/aromatic N) is 2. The van der Waals surface area contributed by atoms with E-state index in [9.17, 15) is 26.4 Å². The molecule has 178 valence electrons. The number of carbonyl (C=O) groups excluding carboxylic acids is 1. The first kappa shape index (κ1) is 24.8. The van der Waals surface area contributed by atoms with Crippen LogP contribution in [0.1, 0.15) is 31.9 Å². The monoisotopic (exact) mass is 502 g/mol. The van der Waals surface area contributed by atoms with E-state index in [0.717, 1.165) is 10.4 Å². The van der Waals surface area contributed by atoms with Crippen LogP contribution in [0.15, 0.2) is 48.3 Å². The number of pyridine rings is 1. The molecule has 0 bridgehead atoms. The standard InChI is InChI=1S/C21H22ClF3N4O3S/c1-20(2,3)29-19(30)16(17(33(29,31)32)13-7-5-4-6-8-13)26-9-10-27-18-15(22)11-14(12-28-18)21(23,24)25/h4-8,11-12,26H,9-10H2,1-3H3,(H,27,28). The van der Waals surface area contributed by atoms with Crippen LogP contribution < -0.4 is 10.6 Å². The molecule has 1 aliphatic heterocycles. The van der Waals surface area contributed by atoms with Gasteiger partial charge in [-0.2, -0.15) is 13.2 Å². The Hall–Kier alpha value is -2.79. The highest BCUT2D eigenvalue weighted by Gasteiger charge is 2.49. The van der Waals surface area contributed by atoms with Crippen molar-refractivity contribution < 1.29 is 26.4 Å². The van der Waals surface area contributed by atoms with Crippen molar-refractivity contribution in [3.05, 3.63) is 64.4 Å². The third-order valence-electron chi connectivity index (χ3n) is 4.66. The number of alkyl halides is 3. The average Bonchev–Trinajstić information content (AvgIpc) is 2.90. The molecule has 0 atom stereocenters. The van der Waals surface area contributed by atoms with Crippen molar-refractivity contribution in [2.45, 2.75) is 32.5 Å². The first-order valence-electron chi connectivity index (χ1n) is 9.84. The molecule has 2 aromatic rings. The number of anilines is 1. The summed E-state index contributed by atoms with van der Waals surface area (Å²) in [6.07, 6.45) is -3.91. The Bertz CT molecular complexity index is 1190. The zero-order chi connectivity index (χ0) is 24.6. The molecule has 0 aliphatic carbocycles. The molecular formula is C21H22ClF3N4O3S. The molecule has 2 heterocycles. The van der Waals surface area contributed by atoms with Gasteiger partial charge in [0.2, 0.25) is 0 Å². The van der Waals surface area contributed by atoms with Crippen LogP contribution in [0.3, 0.4) is 0 Å². The Kier molecular flexibility index (Phi) is 6.67. The number of amides is 1. The van der Waals surface area contributed by atoms with Crippen molar-refractivity contribution in [1.29, 1.82) is 0 Å². The van der Waals surface area contributed by atoms with Crippen LogP contribution in [-0.4, -0.2) is 42.2 Å². The van der Waals surface area contributed by atoms with E-state index < -0.39 is 33.2 Å². The van der Waals surface area contributed by atoms with E-state index in [-0.39, 0.29) is 34.5 Å². The maximum Gasteiger partial charge on any atom is 0.417 e. The largest absolute Gasteiger partial charge is 0.417 e. The van der Waals surface area contributed by atoms with Crippen molar-refractivity contribution in [3.8, 4) is 0 Å². The van der Waals surface area contributed by atoms with E-state index in [1.165, 1.54) is 0 Å². The molecule has 0 fully saturated rings. The summed E-state index contributed by atoms with van der Waals surface area (Å²) in [6, 6.07) is 9.01. The maximum atomic E-state index is 13.2. The van der Waals surface area contributed by atoms with Gasteiger partial charge in [-0.25, -0.2) is 17.7 Å². The van der Waals surface area contributed by atoms with Crippen LogP contribution in [0, 0.1) is 0 Å². The Labute approximate surface area is 194 Å². The zero-order valence-corrected chi connectivity index (χ0v) is 19.6. The minimum atomic E-state index is -4.57. The van der Waals surface area contributed by atoms with Gasteiger partial charge in [0, 0.05) is 19.3 Å². The van der Waals surface area contributed by atoms with Gasteiger partial charge in [-0.15, -0.1) is 0 Å². The SMILES string of the molecule is CC(C)(C)N1C(=O)C(NCCNc2ncc(C(F)(F)F)cc2Cl)=C(c2ccccc2)S1(=O)=O. The lowest BCUT2D eigenvalue weighted by molar-refractivity contribution is -0.137. The molecule has 0 spiro atoms. The first-order valence-corrected chi connectivity index (χ1v) is 11.7. The fraction of sp³-hybridized carbons (Fsp3) is 0.333. The van der Waals surface area contributed by atoms with Gasteiger partial charge in [-0.05, 0) is 32.4 Å². The number of hydrogen-bond acceptors (Lipinski definition) is 6. The van der Waals surface area contributed by atoms with Crippen LogP contribution >= 0.6 is 11.6 Å². The van der Waals surface area contributed by atoms with Crippen LogP contribution in [0.4, 0.5) is 19.0 Å². The number of benzene rings is 1. The summed E-state index contributed by atoms with van der Waals surface area (Å²) >= 11 is 5.88. The fourth-order valence-electron chi connectivity index (χ4n) is 3.32. The number of nitrogens with one attached hydrogen (secondary N) is 2. The van der Waals surface area contributed by atoms with Crippen LogP contribution in [0.25, 0.3) is 4.91 Å². The number of hydrogen-bond donors (Lipinski definition) is 2. The Morgan fingerprint density at radius 1 is 1.06 bits per heavy atom. The third kappa shape index (κ3) is 5.09. The Morgan fingerprint density at radius 2 is 1.67 bits per heavy atom. The van der Waals surface area contributed by atoms with E-state index in [0.29, 0.717) is 11.8 Å². The van der Waals surface area contributed by atoms with Crippen LogP contribution in [0.2, 0.25) is 5.02 Å². The topological polar surface area (TPSA) is 91.4 Å². The summed E-state index contributed by atoms with van der Waals surface area (Å²) in [5.74, 6) is -0.655. The molecule has 1 aliphatic rings. The number of aromatic nitrogens is 1. The van der Waals surface area contributed by atoms with E-state index >= 15 is 0 Å². The number of sulfonamides is 1. The molecule has 1 aromatic heterocycles. The predicted molar refractivity (Wildman–Crippen MR) is 120 cm³/mol. The number of carbonyl (C=O) groups is 1. The first-order chi connectivity index (χ1) is 15.2. The third-order valence-corrected chi connectivity index (χ3v) is 7.09. The minimum absolute atomic E-state index is 0.0328. The summed E-state index contributed by atoms with van der Waals surface area (Å²) in [5, 5.41) is 5.42. The van der Waals surface area contributed by atoms with Crippen molar-refractivity contribution in [3.63, 3.8) is 0 Å². The zero-order valence-electron chi connectivity index (χ0n) is 18.0. The van der Waals surface area contributed by atoms with Gasteiger partial charge in [0.1, 0.15) is 16.4 Å². The molecule has 0 unspecified atom stereocenters. The second kappa shape index (κ2) is 8.86. The minimum Gasteiger partial charge on any atom is -0.378 e. The van der Waals surface area contributed by atoms with Gasteiger partial charge in [-0.3, -0.25) is 4.79 Å². The lowest BCUT2D eigenvalue weighted by Gasteiger charge is -2.30. The summed E-state index contributed by atoms with van der Waals surface area (Å²) < 4.78 is 65.6. The second-order valence-corrected chi connectivity index (χ2v) is 10.4. The smallest absolute Gasteiger partial charge is 0.378 e. The Balaban J connectivity index is 1.81. The number of halogens is 4. The van der Waals surface area contributed by atoms with Crippen molar-refractivity contribution >= 4 is 38.3 Å². The van der Waals surface area contributed by atoms with Crippen LogP contribution in [-0.2, 0) is 21.0 Å². The highest BCUT2D eigenvalue weighted by atomic mass is 35.5. The van der Waals surface area contributed by atoms with E-state index in [1.54, 1.807) is 51.1 Å². The summed E-state index contributed by atoms with van der Waals surface area (Å²) in [4.78, 5) is 16.6. The summed E-state index contributed by atoms with van der Waals surface area (Å²) in [7, 11) is -4.11. The lowest BCUT2D eigenvalue weighted by atomic mass is 10.1. The van der Waals surface area contributed by atoms with Gasteiger partial charge in [0.05, 0.1) is 16.1 Å². The van der Waals surface area contributed by atoms with Crippen molar-refractivity contribution in [1.82, 2.24) is 14.6 Å². The predicted octanol–water partition coefficient (Wildman–Crippen LogP) is 4.09. The van der Waals surface area contributed by atoms with Crippen molar-refractivity contribution in [2.75, 3.05) is 18.4 Å². The van der Waals surface area contributed by atoms with E-state index in [4.69, 9.17) is 11.6 Å². The molecule has 1 amide bonds. The molecule has 0 radical (unpaired) electrons. The van der Waals surface area contributed by atoms with Gasteiger partial charge < -0.3 is 10.6 Å². The average molecular weight is 503 g/mol. The molecule has 12 heteroatoms. The molecule has 7 nitrogen and oxygen atoms in total. The van der Waals surface area contributed by atoms with Gasteiger partial charge >= 0.3 is 6.18 Å². The highest BCUT2D eigenvalue weighted by Crippen LogP contribution is 2.38. The van der Waals surface area contributed by atoms with E-state index in [1.807, 2.05) is 0 Å². The maximum absolute atomic E-state index is 13.2. The van der Waals surface area contributed by atoms with Crippen molar-refractivity contribution in [2.24, 2.45) is 0 Å². The number of rotatable bonds is 6. The van der Waals surface area contributed by atoms with Gasteiger partial charge in [0.25, 0.3) is 15.9 Å². The lowest BCUT2D eigenvalue weighted by Crippen LogP contribution is -2.47. The van der Waals surface area contributed by atoms with Gasteiger partial charge in [-0.1, -0.05) is 41.9 Å². The molecule has 33 heavy (non-hydrogen) atoms. The summed E-state index contributed by atoms with van der Waals surface area (Å²) in [5.41, 5.74) is -1.68. The quantitative estimate of drug-likeness (QED) is 0.578.